The van der Waals surface area contributed by atoms with Crippen molar-refractivity contribution < 1.29 is 8.78 Å². The SMILES string of the molecule is C[C@@H]1CN(c2c(C#N)c(=O)n(C)c3cccnc23)[C@@H](C)CN1C(c1ccc(F)cc1)c1ccc(F)cc1. The molecule has 0 bridgehead atoms. The number of rotatable bonds is 4. The van der Waals surface area contributed by atoms with Gasteiger partial charge in [0.05, 0.1) is 17.2 Å². The number of nitriles is 1. The molecule has 188 valence electrons. The summed E-state index contributed by atoms with van der Waals surface area (Å²) in [5, 5.41) is 9.96. The van der Waals surface area contributed by atoms with Crippen LogP contribution in [0.15, 0.2) is 71.7 Å². The Labute approximate surface area is 214 Å². The highest BCUT2D eigenvalue weighted by atomic mass is 19.1. The van der Waals surface area contributed by atoms with E-state index in [-0.39, 0.29) is 40.9 Å². The molecular formula is C29H27F2N5O. The van der Waals surface area contributed by atoms with Gasteiger partial charge in [-0.2, -0.15) is 5.26 Å². The lowest BCUT2D eigenvalue weighted by Gasteiger charge is -2.48. The molecule has 0 amide bonds. The van der Waals surface area contributed by atoms with Crippen molar-refractivity contribution >= 4 is 16.7 Å². The molecule has 0 spiro atoms. The Morgan fingerprint density at radius 3 is 2.11 bits per heavy atom. The molecule has 2 aromatic carbocycles. The van der Waals surface area contributed by atoms with Gasteiger partial charge in [0.25, 0.3) is 5.56 Å². The first-order valence-electron chi connectivity index (χ1n) is 12.2. The van der Waals surface area contributed by atoms with Crippen molar-refractivity contribution in [1.82, 2.24) is 14.5 Å². The first-order chi connectivity index (χ1) is 17.8. The summed E-state index contributed by atoms with van der Waals surface area (Å²) in [6.45, 7) is 5.27. The Hall–Kier alpha value is -4.09. The standard InChI is InChI=1S/C29H27F2N5O/c1-18-17-36(28-24(15-32)29(37)34(3)25-5-4-14-33-26(25)28)19(2)16-35(18)27(20-6-10-22(30)11-7-20)21-8-12-23(31)13-9-21/h4-14,18-19,27H,16-17H2,1-3H3/t18-,19+/m1/s1. The molecular weight excluding hydrogens is 472 g/mol. The van der Waals surface area contributed by atoms with Gasteiger partial charge in [0.1, 0.15) is 28.8 Å². The number of anilines is 1. The van der Waals surface area contributed by atoms with Crippen LogP contribution in [0.2, 0.25) is 0 Å². The fourth-order valence-electron chi connectivity index (χ4n) is 5.42. The lowest BCUT2D eigenvalue weighted by atomic mass is 9.93. The second kappa shape index (κ2) is 9.75. The quantitative estimate of drug-likeness (QED) is 0.405. The van der Waals surface area contributed by atoms with Crippen LogP contribution in [-0.4, -0.2) is 39.6 Å². The number of nitrogens with zero attached hydrogens (tertiary/aromatic N) is 5. The summed E-state index contributed by atoms with van der Waals surface area (Å²) in [7, 11) is 1.65. The monoisotopic (exact) mass is 499 g/mol. The molecule has 2 atom stereocenters. The Kier molecular flexibility index (Phi) is 6.48. The van der Waals surface area contributed by atoms with Crippen LogP contribution in [0.3, 0.4) is 0 Å². The molecule has 0 aliphatic carbocycles. The van der Waals surface area contributed by atoms with Crippen molar-refractivity contribution in [3.05, 3.63) is 106 Å². The van der Waals surface area contributed by atoms with E-state index in [4.69, 9.17) is 0 Å². The minimum atomic E-state index is -0.351. The van der Waals surface area contributed by atoms with E-state index in [1.165, 1.54) is 28.8 Å². The second-order valence-corrected chi connectivity index (χ2v) is 9.62. The third kappa shape index (κ3) is 4.36. The summed E-state index contributed by atoms with van der Waals surface area (Å²) in [5.74, 6) is -0.635. The van der Waals surface area contributed by atoms with E-state index in [2.05, 4.69) is 34.7 Å². The van der Waals surface area contributed by atoms with Gasteiger partial charge in [-0.1, -0.05) is 24.3 Å². The van der Waals surface area contributed by atoms with Gasteiger partial charge in [0.2, 0.25) is 0 Å². The molecule has 3 heterocycles. The molecule has 2 aromatic heterocycles. The van der Waals surface area contributed by atoms with Gasteiger partial charge in [0.15, 0.2) is 0 Å². The molecule has 4 aromatic rings. The number of fused-ring (bicyclic) bond motifs is 1. The van der Waals surface area contributed by atoms with Crippen LogP contribution in [0, 0.1) is 23.0 Å². The molecule has 0 unspecified atom stereocenters. The fourth-order valence-corrected chi connectivity index (χ4v) is 5.42. The number of pyridine rings is 2. The third-order valence-corrected chi connectivity index (χ3v) is 7.26. The fraction of sp³-hybridized carbons (Fsp3) is 0.276. The highest BCUT2D eigenvalue weighted by molar-refractivity contribution is 5.91. The van der Waals surface area contributed by atoms with E-state index in [1.54, 1.807) is 43.6 Å². The molecule has 5 rings (SSSR count). The van der Waals surface area contributed by atoms with Crippen LogP contribution in [0.1, 0.15) is 36.6 Å². The smallest absolute Gasteiger partial charge is 0.270 e. The molecule has 1 aliphatic rings. The first-order valence-corrected chi connectivity index (χ1v) is 12.2. The average molecular weight is 500 g/mol. The maximum atomic E-state index is 13.8. The number of halogens is 2. The van der Waals surface area contributed by atoms with E-state index in [9.17, 15) is 18.8 Å². The zero-order chi connectivity index (χ0) is 26.3. The van der Waals surface area contributed by atoms with Crippen LogP contribution in [0.5, 0.6) is 0 Å². The maximum Gasteiger partial charge on any atom is 0.270 e. The van der Waals surface area contributed by atoms with Crippen LogP contribution >= 0.6 is 0 Å². The number of piperazine rings is 1. The predicted octanol–water partition coefficient (Wildman–Crippen LogP) is 4.77. The van der Waals surface area contributed by atoms with Crippen LogP contribution < -0.4 is 10.5 Å². The Morgan fingerprint density at radius 1 is 0.946 bits per heavy atom. The summed E-state index contributed by atoms with van der Waals surface area (Å²) in [6.07, 6.45) is 1.67. The van der Waals surface area contributed by atoms with E-state index in [1.807, 2.05) is 6.07 Å². The highest BCUT2D eigenvalue weighted by Crippen LogP contribution is 2.37. The van der Waals surface area contributed by atoms with Crippen LogP contribution in [0.25, 0.3) is 11.0 Å². The van der Waals surface area contributed by atoms with Crippen LogP contribution in [-0.2, 0) is 7.05 Å². The lowest BCUT2D eigenvalue weighted by Crippen LogP contribution is -2.58. The third-order valence-electron chi connectivity index (χ3n) is 7.26. The number of hydrogen-bond acceptors (Lipinski definition) is 5. The van der Waals surface area contributed by atoms with Gasteiger partial charge >= 0.3 is 0 Å². The largest absolute Gasteiger partial charge is 0.363 e. The van der Waals surface area contributed by atoms with Gasteiger partial charge < -0.3 is 9.47 Å². The Morgan fingerprint density at radius 2 is 1.54 bits per heavy atom. The number of aromatic nitrogens is 2. The van der Waals surface area contributed by atoms with Crippen LogP contribution in [0.4, 0.5) is 14.5 Å². The zero-order valence-electron chi connectivity index (χ0n) is 20.9. The highest BCUT2D eigenvalue weighted by Gasteiger charge is 2.37. The summed E-state index contributed by atoms with van der Waals surface area (Å²) < 4.78 is 29.0. The average Bonchev–Trinajstić information content (AvgIpc) is 2.90. The van der Waals surface area contributed by atoms with Crippen molar-refractivity contribution in [1.29, 1.82) is 5.26 Å². The van der Waals surface area contributed by atoms with E-state index < -0.39 is 0 Å². The summed E-state index contributed by atoms with van der Waals surface area (Å²) in [4.78, 5) is 22.0. The van der Waals surface area contributed by atoms with Gasteiger partial charge in [-0.25, -0.2) is 8.78 Å². The zero-order valence-corrected chi connectivity index (χ0v) is 20.9. The molecule has 0 radical (unpaired) electrons. The number of benzene rings is 2. The van der Waals surface area contributed by atoms with E-state index in [0.717, 1.165) is 11.1 Å². The summed E-state index contributed by atoms with van der Waals surface area (Å²) in [5.41, 5.74) is 3.37. The van der Waals surface area contributed by atoms with Crippen molar-refractivity contribution in [2.45, 2.75) is 32.0 Å². The normalized spacial score (nSPS) is 18.4. The van der Waals surface area contributed by atoms with Crippen molar-refractivity contribution in [2.24, 2.45) is 7.05 Å². The molecule has 37 heavy (non-hydrogen) atoms. The van der Waals surface area contributed by atoms with Gasteiger partial charge in [-0.05, 0) is 61.4 Å². The minimum Gasteiger partial charge on any atom is -0.363 e. The van der Waals surface area contributed by atoms with Gasteiger partial charge in [-0.15, -0.1) is 0 Å². The Balaban J connectivity index is 1.58. The molecule has 1 fully saturated rings. The lowest BCUT2D eigenvalue weighted by molar-refractivity contribution is 0.130. The molecule has 0 N–H and O–H groups in total. The topological polar surface area (TPSA) is 65.2 Å². The summed E-state index contributed by atoms with van der Waals surface area (Å²) in [6, 6.07) is 18.2. The molecule has 6 nitrogen and oxygen atoms in total. The molecule has 8 heteroatoms. The van der Waals surface area contributed by atoms with Gasteiger partial charge in [-0.3, -0.25) is 14.7 Å². The van der Waals surface area contributed by atoms with E-state index >= 15 is 0 Å². The van der Waals surface area contributed by atoms with E-state index in [0.29, 0.717) is 29.8 Å². The predicted molar refractivity (Wildman–Crippen MR) is 139 cm³/mol. The van der Waals surface area contributed by atoms with Crippen molar-refractivity contribution in [3.8, 4) is 6.07 Å². The van der Waals surface area contributed by atoms with Crippen molar-refractivity contribution in [3.63, 3.8) is 0 Å². The molecule has 1 aliphatic heterocycles. The Bertz CT molecular complexity index is 1500. The summed E-state index contributed by atoms with van der Waals surface area (Å²) >= 11 is 0. The maximum absolute atomic E-state index is 13.8. The van der Waals surface area contributed by atoms with Crippen molar-refractivity contribution in [2.75, 3.05) is 18.0 Å². The molecule has 0 saturated carbocycles. The number of aryl methyl sites for hydroxylation is 1. The minimum absolute atomic E-state index is 0.0225. The second-order valence-electron chi connectivity index (χ2n) is 9.62. The number of hydrogen-bond donors (Lipinski definition) is 0. The molecule has 1 saturated heterocycles. The first kappa shape index (κ1) is 24.6. The van der Waals surface area contributed by atoms with Gasteiger partial charge in [0, 0.05) is 38.4 Å².